The van der Waals surface area contributed by atoms with Gasteiger partial charge in [-0.1, -0.05) is 24.3 Å². The Morgan fingerprint density at radius 2 is 2.07 bits per heavy atom. The molecule has 0 aromatic heterocycles. The van der Waals surface area contributed by atoms with Crippen molar-refractivity contribution in [1.29, 1.82) is 0 Å². The zero-order valence-corrected chi connectivity index (χ0v) is 8.80. The molecule has 0 N–H and O–H groups in total. The van der Waals surface area contributed by atoms with Gasteiger partial charge in [0, 0.05) is 6.42 Å². The van der Waals surface area contributed by atoms with Crippen molar-refractivity contribution in [2.75, 3.05) is 0 Å². The minimum absolute atomic E-state index is 0.0961. The highest BCUT2D eigenvalue weighted by Crippen LogP contribution is 2.25. The van der Waals surface area contributed by atoms with Gasteiger partial charge in [-0.25, -0.2) is 4.39 Å². The Morgan fingerprint density at radius 1 is 1.43 bits per heavy atom. The fourth-order valence-corrected chi connectivity index (χ4v) is 1.34. The van der Waals surface area contributed by atoms with Crippen LogP contribution in [0.3, 0.4) is 0 Å². The fourth-order valence-electron chi connectivity index (χ4n) is 1.34. The van der Waals surface area contributed by atoms with Crippen LogP contribution in [0.2, 0.25) is 0 Å². The Hall–Kier alpha value is -1.18. The number of ketones is 1. The highest BCUT2D eigenvalue weighted by atomic mass is 19.1. The number of halogens is 1. The number of hydrogen-bond donors (Lipinski definition) is 0. The van der Waals surface area contributed by atoms with Gasteiger partial charge in [0.1, 0.15) is 11.5 Å². The minimum atomic E-state index is -1.34. The van der Waals surface area contributed by atoms with Crippen molar-refractivity contribution in [3.8, 4) is 0 Å². The first-order chi connectivity index (χ1) is 6.39. The molecule has 2 heteroatoms. The third-order valence-electron chi connectivity index (χ3n) is 2.07. The van der Waals surface area contributed by atoms with Gasteiger partial charge >= 0.3 is 0 Å². The molecule has 0 bridgehead atoms. The summed E-state index contributed by atoms with van der Waals surface area (Å²) < 4.78 is 13.6. The third-order valence-corrected chi connectivity index (χ3v) is 2.07. The first-order valence-corrected chi connectivity index (χ1v) is 4.67. The summed E-state index contributed by atoms with van der Waals surface area (Å²) in [6.07, 6.45) is 0.379. The topological polar surface area (TPSA) is 17.1 Å². The lowest BCUT2D eigenvalue weighted by Crippen LogP contribution is -2.09. The van der Waals surface area contributed by atoms with Crippen molar-refractivity contribution in [3.05, 3.63) is 35.4 Å². The van der Waals surface area contributed by atoms with E-state index in [1.54, 1.807) is 18.2 Å². The fraction of sp³-hybridized carbons (Fsp3) is 0.417. The van der Waals surface area contributed by atoms with E-state index in [1.807, 2.05) is 6.07 Å². The zero-order chi connectivity index (χ0) is 10.8. The van der Waals surface area contributed by atoms with Crippen LogP contribution in [0, 0.1) is 0 Å². The van der Waals surface area contributed by atoms with E-state index in [-0.39, 0.29) is 5.78 Å². The predicted molar refractivity (Wildman–Crippen MR) is 55.0 cm³/mol. The van der Waals surface area contributed by atoms with Gasteiger partial charge in [-0.2, -0.15) is 0 Å². The van der Waals surface area contributed by atoms with Gasteiger partial charge in [-0.05, 0) is 31.9 Å². The van der Waals surface area contributed by atoms with Crippen molar-refractivity contribution < 1.29 is 9.18 Å². The van der Waals surface area contributed by atoms with Crippen molar-refractivity contribution in [1.82, 2.24) is 0 Å². The number of carbonyl (C=O) groups is 1. The van der Waals surface area contributed by atoms with E-state index in [4.69, 9.17) is 0 Å². The number of Topliss-reactive ketones (excluding diaryl/α,β-unsaturated/α-hetero) is 1. The van der Waals surface area contributed by atoms with Gasteiger partial charge in [-0.15, -0.1) is 0 Å². The molecule has 0 aliphatic heterocycles. The van der Waals surface area contributed by atoms with Crippen LogP contribution in [0.15, 0.2) is 24.3 Å². The van der Waals surface area contributed by atoms with E-state index < -0.39 is 5.67 Å². The molecule has 0 heterocycles. The first kappa shape index (κ1) is 10.9. The van der Waals surface area contributed by atoms with Crippen LogP contribution >= 0.6 is 0 Å². The van der Waals surface area contributed by atoms with Crippen LogP contribution in [0.5, 0.6) is 0 Å². The average Bonchev–Trinajstić information content (AvgIpc) is 2.01. The molecular weight excluding hydrogens is 179 g/mol. The largest absolute Gasteiger partial charge is 0.300 e. The van der Waals surface area contributed by atoms with E-state index in [1.165, 1.54) is 20.8 Å². The van der Waals surface area contributed by atoms with Crippen LogP contribution in [0.4, 0.5) is 4.39 Å². The van der Waals surface area contributed by atoms with E-state index in [2.05, 4.69) is 0 Å². The van der Waals surface area contributed by atoms with Crippen molar-refractivity contribution >= 4 is 5.78 Å². The monoisotopic (exact) mass is 194 g/mol. The molecule has 0 fully saturated rings. The van der Waals surface area contributed by atoms with E-state index in [0.29, 0.717) is 12.0 Å². The minimum Gasteiger partial charge on any atom is -0.300 e. The molecule has 0 unspecified atom stereocenters. The maximum absolute atomic E-state index is 13.6. The lowest BCUT2D eigenvalue weighted by atomic mass is 9.97. The van der Waals surface area contributed by atoms with Crippen molar-refractivity contribution in [2.24, 2.45) is 0 Å². The molecule has 1 aromatic rings. The first-order valence-electron chi connectivity index (χ1n) is 4.67. The lowest BCUT2D eigenvalue weighted by Gasteiger charge is -2.15. The molecule has 0 saturated carbocycles. The normalized spacial score (nSPS) is 11.4. The summed E-state index contributed by atoms with van der Waals surface area (Å²) in [6, 6.07) is 7.12. The summed E-state index contributed by atoms with van der Waals surface area (Å²) in [6.45, 7) is 4.56. The molecule has 0 radical (unpaired) electrons. The SMILES string of the molecule is CC(=O)Cc1cccc(C(C)(C)F)c1. The highest BCUT2D eigenvalue weighted by molar-refractivity contribution is 5.78. The quantitative estimate of drug-likeness (QED) is 0.722. The van der Waals surface area contributed by atoms with Gasteiger partial charge in [0.15, 0.2) is 0 Å². The Balaban J connectivity index is 2.95. The van der Waals surface area contributed by atoms with E-state index in [9.17, 15) is 9.18 Å². The van der Waals surface area contributed by atoms with Crippen LogP contribution in [0.25, 0.3) is 0 Å². The molecule has 0 aliphatic carbocycles. The van der Waals surface area contributed by atoms with E-state index in [0.717, 1.165) is 5.56 Å². The van der Waals surface area contributed by atoms with Crippen LogP contribution in [-0.2, 0) is 16.9 Å². The van der Waals surface area contributed by atoms with Gasteiger partial charge in [-0.3, -0.25) is 4.79 Å². The average molecular weight is 194 g/mol. The molecule has 0 saturated heterocycles. The van der Waals surface area contributed by atoms with Crippen LogP contribution in [0.1, 0.15) is 31.9 Å². The van der Waals surface area contributed by atoms with Crippen molar-refractivity contribution in [3.63, 3.8) is 0 Å². The Bertz CT molecular complexity index is 336. The van der Waals surface area contributed by atoms with Gasteiger partial charge < -0.3 is 0 Å². The molecule has 76 valence electrons. The molecule has 1 nitrogen and oxygen atoms in total. The summed E-state index contributed by atoms with van der Waals surface area (Å²) >= 11 is 0. The molecule has 14 heavy (non-hydrogen) atoms. The van der Waals surface area contributed by atoms with E-state index >= 15 is 0 Å². The molecule has 0 aliphatic rings. The molecular formula is C12H15FO. The summed E-state index contributed by atoms with van der Waals surface area (Å²) in [5.41, 5.74) is 0.157. The molecule has 0 amide bonds. The third kappa shape index (κ3) is 2.95. The van der Waals surface area contributed by atoms with Gasteiger partial charge in [0.05, 0.1) is 0 Å². The number of alkyl halides is 1. The number of hydrogen-bond acceptors (Lipinski definition) is 1. The lowest BCUT2D eigenvalue weighted by molar-refractivity contribution is -0.116. The van der Waals surface area contributed by atoms with Gasteiger partial charge in [0.2, 0.25) is 0 Å². The van der Waals surface area contributed by atoms with Gasteiger partial charge in [0.25, 0.3) is 0 Å². The summed E-state index contributed by atoms with van der Waals surface area (Å²) in [7, 11) is 0. The predicted octanol–water partition coefficient (Wildman–Crippen LogP) is 3.02. The molecule has 1 aromatic carbocycles. The zero-order valence-electron chi connectivity index (χ0n) is 8.80. The molecule has 1 rings (SSSR count). The number of rotatable bonds is 3. The number of carbonyl (C=O) groups excluding carboxylic acids is 1. The summed E-state index contributed by atoms with van der Waals surface area (Å²) in [5, 5.41) is 0. The van der Waals surface area contributed by atoms with Crippen molar-refractivity contribution in [2.45, 2.75) is 32.9 Å². The smallest absolute Gasteiger partial charge is 0.134 e. The van der Waals surface area contributed by atoms with Crippen LogP contribution < -0.4 is 0 Å². The second kappa shape index (κ2) is 3.91. The maximum Gasteiger partial charge on any atom is 0.134 e. The molecule has 0 atom stereocenters. The molecule has 0 spiro atoms. The highest BCUT2D eigenvalue weighted by Gasteiger charge is 2.18. The summed E-state index contributed by atoms with van der Waals surface area (Å²) in [5.74, 6) is 0.0961. The Morgan fingerprint density at radius 3 is 2.57 bits per heavy atom. The Labute approximate surface area is 83.9 Å². The second-order valence-electron chi connectivity index (χ2n) is 4.05. The maximum atomic E-state index is 13.6. The number of benzene rings is 1. The second-order valence-corrected chi connectivity index (χ2v) is 4.05. The van der Waals surface area contributed by atoms with Crippen LogP contribution in [-0.4, -0.2) is 5.78 Å². The standard InChI is InChI=1S/C12H15FO/c1-9(14)7-10-5-4-6-11(8-10)12(2,3)13/h4-6,8H,7H2,1-3H3. The summed E-state index contributed by atoms with van der Waals surface area (Å²) in [4.78, 5) is 10.9. The Kier molecular flexibility index (Phi) is 3.04.